The summed E-state index contributed by atoms with van der Waals surface area (Å²) in [4.78, 5) is 21.5. The van der Waals surface area contributed by atoms with Gasteiger partial charge in [-0.15, -0.1) is 11.3 Å². The second-order valence-electron chi connectivity index (χ2n) is 4.42. The van der Waals surface area contributed by atoms with Crippen molar-refractivity contribution in [2.24, 2.45) is 0 Å². The molecule has 0 atom stereocenters. The average molecular weight is 275 g/mol. The van der Waals surface area contributed by atoms with Gasteiger partial charge in [0.2, 0.25) is 0 Å². The first-order valence-corrected chi connectivity index (χ1v) is 6.99. The maximum atomic E-state index is 12.0. The molecule has 2 N–H and O–H groups in total. The number of nitrogens with zero attached hydrogens (tertiary/aromatic N) is 2. The smallest absolute Gasteiger partial charge is 0.279 e. The number of rotatable bonds is 2. The van der Waals surface area contributed by atoms with Crippen LogP contribution in [-0.2, 0) is 12.8 Å². The van der Waals surface area contributed by atoms with Gasteiger partial charge in [0.15, 0.2) is 10.8 Å². The Morgan fingerprint density at radius 1 is 1.37 bits per heavy atom. The number of carbonyl (C=O) groups excluding carboxylic acids is 1. The second-order valence-corrected chi connectivity index (χ2v) is 5.50. The number of nitrogens with one attached hydrogen (secondary N) is 1. The summed E-state index contributed by atoms with van der Waals surface area (Å²) in [6.07, 6.45) is 5.84. The number of aryl methyl sites for hydroxylation is 2. The SMILES string of the molecule is O=C(Nc1nc2c(s1)CCCC2)c1ncccc1O. The lowest BCUT2D eigenvalue weighted by atomic mass is 10.0. The van der Waals surface area contributed by atoms with E-state index in [-0.39, 0.29) is 11.4 Å². The van der Waals surface area contributed by atoms with Gasteiger partial charge in [-0.25, -0.2) is 9.97 Å². The van der Waals surface area contributed by atoms with Gasteiger partial charge in [-0.1, -0.05) is 0 Å². The fourth-order valence-electron chi connectivity index (χ4n) is 2.13. The monoisotopic (exact) mass is 275 g/mol. The Morgan fingerprint density at radius 3 is 3.00 bits per heavy atom. The number of thiazole rings is 1. The highest BCUT2D eigenvalue weighted by atomic mass is 32.1. The fraction of sp³-hybridized carbons (Fsp3) is 0.308. The predicted octanol–water partition coefficient (Wildman–Crippen LogP) is 2.37. The minimum absolute atomic E-state index is 0.0238. The van der Waals surface area contributed by atoms with Crippen LogP contribution in [0, 0.1) is 0 Å². The molecule has 0 aliphatic heterocycles. The van der Waals surface area contributed by atoms with E-state index in [1.807, 2.05) is 0 Å². The zero-order valence-corrected chi connectivity index (χ0v) is 11.0. The van der Waals surface area contributed by atoms with Gasteiger partial charge in [-0.05, 0) is 37.8 Å². The Labute approximate surface area is 114 Å². The van der Waals surface area contributed by atoms with Gasteiger partial charge in [0.25, 0.3) is 5.91 Å². The minimum Gasteiger partial charge on any atom is -0.505 e. The largest absolute Gasteiger partial charge is 0.505 e. The van der Waals surface area contributed by atoms with Crippen LogP contribution in [-0.4, -0.2) is 21.0 Å². The fourth-order valence-corrected chi connectivity index (χ4v) is 3.18. The molecule has 0 bridgehead atoms. The number of amides is 1. The van der Waals surface area contributed by atoms with Gasteiger partial charge in [0.1, 0.15) is 5.75 Å². The molecule has 19 heavy (non-hydrogen) atoms. The molecule has 98 valence electrons. The molecule has 0 radical (unpaired) electrons. The summed E-state index contributed by atoms with van der Waals surface area (Å²) < 4.78 is 0. The molecule has 0 fully saturated rings. The van der Waals surface area contributed by atoms with Crippen molar-refractivity contribution in [3.63, 3.8) is 0 Å². The van der Waals surface area contributed by atoms with Crippen LogP contribution in [0.1, 0.15) is 33.9 Å². The van der Waals surface area contributed by atoms with E-state index in [1.54, 1.807) is 6.07 Å². The number of pyridine rings is 1. The summed E-state index contributed by atoms with van der Waals surface area (Å²) in [5.41, 5.74) is 1.12. The molecule has 1 aliphatic carbocycles. The number of anilines is 1. The zero-order valence-electron chi connectivity index (χ0n) is 10.2. The van der Waals surface area contributed by atoms with Crippen LogP contribution in [0.2, 0.25) is 0 Å². The van der Waals surface area contributed by atoms with Gasteiger partial charge in [-0.3, -0.25) is 10.1 Å². The van der Waals surface area contributed by atoms with E-state index in [1.165, 1.54) is 34.9 Å². The van der Waals surface area contributed by atoms with Crippen LogP contribution in [0.25, 0.3) is 0 Å². The average Bonchev–Trinajstić information content (AvgIpc) is 2.81. The highest BCUT2D eigenvalue weighted by molar-refractivity contribution is 7.15. The standard InChI is InChI=1S/C13H13N3O2S/c17-9-5-3-7-14-11(9)12(18)16-13-15-8-4-1-2-6-10(8)19-13/h3,5,7,17H,1-2,4,6H2,(H,15,16,18). The lowest BCUT2D eigenvalue weighted by Crippen LogP contribution is -2.13. The molecule has 3 rings (SSSR count). The van der Waals surface area contributed by atoms with E-state index in [2.05, 4.69) is 15.3 Å². The van der Waals surface area contributed by atoms with Crippen molar-refractivity contribution in [1.82, 2.24) is 9.97 Å². The predicted molar refractivity (Wildman–Crippen MR) is 72.6 cm³/mol. The maximum absolute atomic E-state index is 12.0. The van der Waals surface area contributed by atoms with Gasteiger partial charge < -0.3 is 5.11 Å². The molecule has 0 saturated heterocycles. The molecule has 0 aromatic carbocycles. The number of hydrogen-bond acceptors (Lipinski definition) is 5. The number of fused-ring (bicyclic) bond motifs is 1. The van der Waals surface area contributed by atoms with Crippen molar-refractivity contribution in [3.8, 4) is 5.75 Å². The summed E-state index contributed by atoms with van der Waals surface area (Å²) in [6, 6.07) is 3.02. The summed E-state index contributed by atoms with van der Waals surface area (Å²) in [5, 5.41) is 12.9. The third kappa shape index (κ3) is 2.44. The molecule has 0 saturated carbocycles. The Morgan fingerprint density at radius 2 is 2.21 bits per heavy atom. The third-order valence-electron chi connectivity index (χ3n) is 3.07. The van der Waals surface area contributed by atoms with Crippen LogP contribution in [0.15, 0.2) is 18.3 Å². The lowest BCUT2D eigenvalue weighted by Gasteiger charge is -2.06. The van der Waals surface area contributed by atoms with Crippen LogP contribution in [0.4, 0.5) is 5.13 Å². The van der Waals surface area contributed by atoms with E-state index in [9.17, 15) is 9.90 Å². The van der Waals surface area contributed by atoms with Crippen molar-refractivity contribution in [2.45, 2.75) is 25.7 Å². The van der Waals surface area contributed by atoms with Crippen molar-refractivity contribution in [1.29, 1.82) is 0 Å². The van der Waals surface area contributed by atoms with Gasteiger partial charge in [0.05, 0.1) is 5.69 Å². The highest BCUT2D eigenvalue weighted by Gasteiger charge is 2.18. The molecule has 1 aliphatic rings. The molecular weight excluding hydrogens is 262 g/mol. The molecule has 2 aromatic rings. The molecule has 2 heterocycles. The summed E-state index contributed by atoms with van der Waals surface area (Å²) in [7, 11) is 0. The molecule has 1 amide bonds. The highest BCUT2D eigenvalue weighted by Crippen LogP contribution is 2.30. The number of aromatic nitrogens is 2. The molecule has 6 heteroatoms. The normalized spacial score (nSPS) is 13.9. The zero-order chi connectivity index (χ0) is 13.2. The van der Waals surface area contributed by atoms with Crippen LogP contribution in [0.3, 0.4) is 0 Å². The molecule has 0 unspecified atom stereocenters. The Balaban J connectivity index is 1.80. The quantitative estimate of drug-likeness (QED) is 0.882. The summed E-state index contributed by atoms with van der Waals surface area (Å²) in [6.45, 7) is 0. The van der Waals surface area contributed by atoms with Gasteiger partial charge in [-0.2, -0.15) is 0 Å². The van der Waals surface area contributed by atoms with Gasteiger partial charge >= 0.3 is 0 Å². The first-order valence-electron chi connectivity index (χ1n) is 6.18. The molecule has 2 aromatic heterocycles. The van der Waals surface area contributed by atoms with Crippen LogP contribution < -0.4 is 5.32 Å². The summed E-state index contributed by atoms with van der Waals surface area (Å²) in [5.74, 6) is -0.550. The van der Waals surface area contributed by atoms with Crippen molar-refractivity contribution >= 4 is 22.4 Å². The van der Waals surface area contributed by atoms with E-state index in [0.717, 1.165) is 25.0 Å². The number of aromatic hydroxyl groups is 1. The summed E-state index contributed by atoms with van der Waals surface area (Å²) >= 11 is 1.51. The van der Waals surface area contributed by atoms with Crippen LogP contribution in [0.5, 0.6) is 5.75 Å². The Hall–Kier alpha value is -1.95. The maximum Gasteiger partial charge on any atom is 0.279 e. The van der Waals surface area contributed by atoms with Crippen LogP contribution >= 0.6 is 11.3 Å². The van der Waals surface area contributed by atoms with E-state index in [4.69, 9.17) is 0 Å². The van der Waals surface area contributed by atoms with Crippen molar-refractivity contribution < 1.29 is 9.90 Å². The minimum atomic E-state index is -0.427. The molecule has 5 nitrogen and oxygen atoms in total. The molecule has 0 spiro atoms. The van der Waals surface area contributed by atoms with Crippen molar-refractivity contribution in [2.75, 3.05) is 5.32 Å². The third-order valence-corrected chi connectivity index (χ3v) is 4.14. The van der Waals surface area contributed by atoms with E-state index in [0.29, 0.717) is 5.13 Å². The van der Waals surface area contributed by atoms with E-state index < -0.39 is 5.91 Å². The first-order chi connectivity index (χ1) is 9.24. The first kappa shape index (κ1) is 12.1. The number of hydrogen-bond donors (Lipinski definition) is 2. The Bertz CT molecular complexity index is 601. The van der Waals surface area contributed by atoms with Crippen molar-refractivity contribution in [3.05, 3.63) is 34.6 Å². The number of carbonyl (C=O) groups is 1. The second kappa shape index (κ2) is 4.97. The van der Waals surface area contributed by atoms with Gasteiger partial charge in [0, 0.05) is 11.1 Å². The van der Waals surface area contributed by atoms with E-state index >= 15 is 0 Å². The topological polar surface area (TPSA) is 75.1 Å². The Kier molecular flexibility index (Phi) is 3.16. The molecular formula is C13H13N3O2S. The lowest BCUT2D eigenvalue weighted by molar-refractivity contribution is 0.101.